The van der Waals surface area contributed by atoms with Crippen molar-refractivity contribution in [1.82, 2.24) is 0 Å². The van der Waals surface area contributed by atoms with Gasteiger partial charge in [-0.2, -0.15) is 25.3 Å². The lowest BCUT2D eigenvalue weighted by atomic mass is 10.2. The summed E-state index contributed by atoms with van der Waals surface area (Å²) in [4.78, 5) is 11.6. The quantitative estimate of drug-likeness (QED) is 0.411. The molecule has 0 aliphatic rings. The lowest BCUT2D eigenvalue weighted by Gasteiger charge is -2.25. The van der Waals surface area contributed by atoms with Gasteiger partial charge in [0.2, 0.25) is 0 Å². The van der Waals surface area contributed by atoms with Crippen molar-refractivity contribution < 1.29 is 18.1 Å². The van der Waals surface area contributed by atoms with Crippen LogP contribution in [0.3, 0.4) is 0 Å². The van der Waals surface area contributed by atoms with E-state index in [0.717, 1.165) is 0 Å². The van der Waals surface area contributed by atoms with Gasteiger partial charge in [0.15, 0.2) is 0 Å². The molecule has 102 valence electrons. The molecule has 0 N–H and O–H groups in total. The molecule has 0 aromatic rings. The molecule has 17 heavy (non-hydrogen) atoms. The minimum atomic E-state index is -2.81. The van der Waals surface area contributed by atoms with Crippen LogP contribution in [0, 0.1) is 0 Å². The predicted octanol–water partition coefficient (Wildman–Crippen LogP) is 2.53. The summed E-state index contributed by atoms with van der Waals surface area (Å²) in [5.74, 6) is -0.324. The number of rotatable bonds is 8. The highest BCUT2D eigenvalue weighted by atomic mass is 32.2. The van der Waals surface area contributed by atoms with Gasteiger partial charge in [-0.1, -0.05) is 0 Å². The molecule has 0 saturated heterocycles. The van der Waals surface area contributed by atoms with Gasteiger partial charge in [0.25, 0.3) is 5.97 Å². The monoisotopic (exact) mass is 298 g/mol. The highest BCUT2D eigenvalue weighted by Gasteiger charge is 2.38. The SMILES string of the molecule is CCO[Si](C)(OCC)OC(=O)CCC(C)(S)S. The molecular formula is C10H22O4S2Si. The predicted molar refractivity (Wildman–Crippen MR) is 76.6 cm³/mol. The molecule has 0 rings (SSSR count). The van der Waals surface area contributed by atoms with Crippen molar-refractivity contribution in [3.05, 3.63) is 0 Å². The molecular weight excluding hydrogens is 276 g/mol. The van der Waals surface area contributed by atoms with Gasteiger partial charge in [-0.15, -0.1) is 0 Å². The Balaban J connectivity index is 4.22. The van der Waals surface area contributed by atoms with E-state index in [2.05, 4.69) is 25.3 Å². The van der Waals surface area contributed by atoms with E-state index in [4.69, 9.17) is 13.3 Å². The van der Waals surface area contributed by atoms with E-state index in [9.17, 15) is 4.79 Å². The smallest absolute Gasteiger partial charge is 0.473 e. The normalized spacial score (nSPS) is 12.6. The highest BCUT2D eigenvalue weighted by molar-refractivity contribution is 8.00. The Morgan fingerprint density at radius 2 is 1.71 bits per heavy atom. The summed E-state index contributed by atoms with van der Waals surface area (Å²) in [6, 6.07) is 0. The first-order chi connectivity index (χ1) is 7.72. The Hall–Kier alpha value is 0.307. The summed E-state index contributed by atoms with van der Waals surface area (Å²) < 4.78 is 15.6. The van der Waals surface area contributed by atoms with Crippen LogP contribution in [0.1, 0.15) is 33.6 Å². The van der Waals surface area contributed by atoms with E-state index < -0.39 is 12.9 Å². The average Bonchev–Trinajstić information content (AvgIpc) is 2.14. The summed E-state index contributed by atoms with van der Waals surface area (Å²) in [5.41, 5.74) is 0. The maximum Gasteiger partial charge on any atom is 0.564 e. The van der Waals surface area contributed by atoms with E-state index >= 15 is 0 Å². The molecule has 0 aliphatic heterocycles. The zero-order chi connectivity index (χ0) is 13.5. The average molecular weight is 299 g/mol. The van der Waals surface area contributed by atoms with Gasteiger partial charge in [-0.3, -0.25) is 4.79 Å². The van der Waals surface area contributed by atoms with Crippen molar-refractivity contribution in [2.75, 3.05) is 13.2 Å². The molecule has 0 fully saturated rings. The summed E-state index contributed by atoms with van der Waals surface area (Å²) in [5, 5.41) is 0. The van der Waals surface area contributed by atoms with Crippen molar-refractivity contribution in [3.8, 4) is 0 Å². The molecule has 0 unspecified atom stereocenters. The molecule has 0 radical (unpaired) electrons. The third-order valence-electron chi connectivity index (χ3n) is 1.92. The first kappa shape index (κ1) is 17.3. The second-order valence-electron chi connectivity index (χ2n) is 3.92. The number of hydrogen-bond acceptors (Lipinski definition) is 6. The number of carbonyl (C=O) groups excluding carboxylic acids is 1. The molecule has 7 heteroatoms. The molecule has 0 saturated carbocycles. The largest absolute Gasteiger partial charge is 0.564 e. The summed E-state index contributed by atoms with van der Waals surface area (Å²) >= 11 is 8.46. The fraction of sp³-hybridized carbons (Fsp3) is 0.900. The second-order valence-corrected chi connectivity index (χ2v) is 8.75. The zero-order valence-corrected chi connectivity index (χ0v) is 13.6. The van der Waals surface area contributed by atoms with Crippen LogP contribution >= 0.6 is 25.3 Å². The van der Waals surface area contributed by atoms with Gasteiger partial charge in [-0.25, -0.2) is 0 Å². The van der Waals surface area contributed by atoms with Crippen LogP contribution in [0.4, 0.5) is 0 Å². The highest BCUT2D eigenvalue weighted by Crippen LogP contribution is 2.25. The summed E-state index contributed by atoms with van der Waals surface area (Å²) in [7, 11) is -2.81. The fourth-order valence-electron chi connectivity index (χ4n) is 1.22. The van der Waals surface area contributed by atoms with Crippen LogP contribution in [-0.2, 0) is 18.1 Å². The molecule has 0 spiro atoms. The van der Waals surface area contributed by atoms with E-state index in [-0.39, 0.29) is 12.4 Å². The van der Waals surface area contributed by atoms with Crippen LogP contribution in [0.5, 0.6) is 0 Å². The lowest BCUT2D eigenvalue weighted by molar-refractivity contribution is -0.139. The molecule has 0 heterocycles. The van der Waals surface area contributed by atoms with Gasteiger partial charge in [0, 0.05) is 26.2 Å². The topological polar surface area (TPSA) is 44.8 Å². The van der Waals surface area contributed by atoms with Crippen LogP contribution in [0.2, 0.25) is 6.55 Å². The van der Waals surface area contributed by atoms with E-state index in [1.54, 1.807) is 6.55 Å². The number of hydrogen-bond donors (Lipinski definition) is 2. The number of thiol groups is 2. The summed E-state index contributed by atoms with van der Waals surface area (Å²) in [6.07, 6.45) is 0.785. The van der Waals surface area contributed by atoms with Gasteiger partial charge < -0.3 is 13.3 Å². The van der Waals surface area contributed by atoms with Gasteiger partial charge >= 0.3 is 8.80 Å². The molecule has 4 nitrogen and oxygen atoms in total. The van der Waals surface area contributed by atoms with Crippen molar-refractivity contribution >= 4 is 40.0 Å². The van der Waals surface area contributed by atoms with Crippen LogP contribution in [-0.4, -0.2) is 32.1 Å². The third-order valence-corrected chi connectivity index (χ3v) is 4.59. The Kier molecular flexibility index (Phi) is 7.82. The molecule has 0 atom stereocenters. The van der Waals surface area contributed by atoms with E-state index in [1.165, 1.54) is 0 Å². The maximum absolute atomic E-state index is 11.6. The summed E-state index contributed by atoms with van der Waals surface area (Å²) in [6.45, 7) is 8.17. The first-order valence-electron chi connectivity index (χ1n) is 5.67. The van der Waals surface area contributed by atoms with E-state index in [1.807, 2.05) is 20.8 Å². The Morgan fingerprint density at radius 1 is 1.24 bits per heavy atom. The van der Waals surface area contributed by atoms with Gasteiger partial charge in [0.1, 0.15) is 0 Å². The zero-order valence-electron chi connectivity index (χ0n) is 10.9. The van der Waals surface area contributed by atoms with Crippen LogP contribution in [0.15, 0.2) is 0 Å². The molecule has 0 amide bonds. The lowest BCUT2D eigenvalue weighted by Crippen LogP contribution is -2.44. The Bertz CT molecular complexity index is 237. The molecule has 0 aliphatic carbocycles. The Morgan fingerprint density at radius 3 is 2.06 bits per heavy atom. The fourth-order valence-corrected chi connectivity index (χ4v) is 3.21. The molecule has 0 aromatic heterocycles. The molecule has 0 aromatic carbocycles. The second kappa shape index (κ2) is 7.68. The maximum atomic E-state index is 11.6. The van der Waals surface area contributed by atoms with Crippen molar-refractivity contribution in [3.63, 3.8) is 0 Å². The Labute approximate surface area is 116 Å². The number of carbonyl (C=O) groups is 1. The van der Waals surface area contributed by atoms with Crippen LogP contribution in [0.25, 0.3) is 0 Å². The minimum absolute atomic E-state index is 0.256. The van der Waals surface area contributed by atoms with Crippen molar-refractivity contribution in [2.24, 2.45) is 0 Å². The standard InChI is InChI=1S/C10H22O4S2Si/c1-5-12-17(4,13-6-2)14-9(11)7-8-10(3,15)16/h15-16H,5-8H2,1-4H3. The van der Waals surface area contributed by atoms with E-state index in [0.29, 0.717) is 19.6 Å². The van der Waals surface area contributed by atoms with Crippen LogP contribution < -0.4 is 0 Å². The first-order valence-corrected chi connectivity index (χ1v) is 8.79. The van der Waals surface area contributed by atoms with Crippen molar-refractivity contribution in [1.29, 1.82) is 0 Å². The minimum Gasteiger partial charge on any atom is -0.473 e. The molecule has 0 bridgehead atoms. The van der Waals surface area contributed by atoms with Gasteiger partial charge in [-0.05, 0) is 27.2 Å². The van der Waals surface area contributed by atoms with Crippen molar-refractivity contribution in [2.45, 2.75) is 44.2 Å². The van der Waals surface area contributed by atoms with Gasteiger partial charge in [0.05, 0.1) is 4.08 Å². The third kappa shape index (κ3) is 8.95.